The minimum Gasteiger partial charge on any atom is -0.497 e. The summed E-state index contributed by atoms with van der Waals surface area (Å²) in [7, 11) is 1.58. The summed E-state index contributed by atoms with van der Waals surface area (Å²) >= 11 is 0. The molecule has 0 spiro atoms. The van der Waals surface area contributed by atoms with Gasteiger partial charge in [0, 0.05) is 4.91 Å². The number of azide groups is 1. The molecule has 0 radical (unpaired) electrons. The van der Waals surface area contributed by atoms with Crippen molar-refractivity contribution in [2.45, 2.75) is 50.6 Å². The van der Waals surface area contributed by atoms with Gasteiger partial charge in [-0.25, -0.2) is 0 Å². The van der Waals surface area contributed by atoms with Crippen molar-refractivity contribution in [3.05, 3.63) is 40.3 Å². The largest absolute Gasteiger partial charge is 0.497 e. The van der Waals surface area contributed by atoms with Crippen molar-refractivity contribution in [2.24, 2.45) is 5.11 Å². The highest BCUT2D eigenvalue weighted by molar-refractivity contribution is 5.26. The van der Waals surface area contributed by atoms with Crippen molar-refractivity contribution in [3.8, 4) is 5.75 Å². The molecule has 0 saturated carbocycles. The fourth-order valence-corrected chi connectivity index (χ4v) is 2.89. The summed E-state index contributed by atoms with van der Waals surface area (Å²) in [6.45, 7) is 2.93. The zero-order chi connectivity index (χ0) is 19.2. The summed E-state index contributed by atoms with van der Waals surface area (Å²) in [6, 6.07) is 6.42. The van der Waals surface area contributed by atoms with Crippen LogP contribution in [0.4, 0.5) is 0 Å². The fourth-order valence-electron chi connectivity index (χ4n) is 2.89. The second-order valence-electron chi connectivity index (χ2n) is 6.40. The molecule has 9 heteroatoms. The van der Waals surface area contributed by atoms with Crippen LogP contribution in [0.2, 0.25) is 0 Å². The Hall–Kier alpha value is -1.87. The summed E-state index contributed by atoms with van der Waals surface area (Å²) in [6.07, 6.45) is -2.15. The van der Waals surface area contributed by atoms with E-state index in [1.165, 1.54) is 0 Å². The van der Waals surface area contributed by atoms with Crippen LogP contribution in [0.5, 0.6) is 5.75 Å². The molecule has 0 unspecified atom stereocenters. The van der Waals surface area contributed by atoms with Gasteiger partial charge < -0.3 is 29.2 Å². The zero-order valence-corrected chi connectivity index (χ0v) is 15.1. The SMILES string of the molecule is COc1ccc(CO[C@H]([C@H]2OC(C)(C)O[C@H]2CO)[C@H](CO)N=[N+]=[N-])cc1. The van der Waals surface area contributed by atoms with E-state index < -0.39 is 36.7 Å². The number of aliphatic hydroxyl groups excluding tert-OH is 2. The van der Waals surface area contributed by atoms with E-state index in [-0.39, 0.29) is 13.2 Å². The number of methoxy groups -OCH3 is 1. The molecule has 2 rings (SSSR count). The van der Waals surface area contributed by atoms with Crippen LogP contribution in [0.15, 0.2) is 29.4 Å². The highest BCUT2D eigenvalue weighted by Gasteiger charge is 2.47. The van der Waals surface area contributed by atoms with E-state index in [0.29, 0.717) is 0 Å². The lowest BCUT2D eigenvalue weighted by Crippen LogP contribution is -2.46. The molecule has 0 aliphatic carbocycles. The monoisotopic (exact) mass is 367 g/mol. The van der Waals surface area contributed by atoms with Crippen molar-refractivity contribution >= 4 is 0 Å². The van der Waals surface area contributed by atoms with E-state index in [9.17, 15) is 10.2 Å². The van der Waals surface area contributed by atoms with Crippen LogP contribution in [0, 0.1) is 0 Å². The second kappa shape index (κ2) is 9.18. The van der Waals surface area contributed by atoms with Crippen molar-refractivity contribution in [3.63, 3.8) is 0 Å². The average Bonchev–Trinajstić information content (AvgIpc) is 2.96. The van der Waals surface area contributed by atoms with E-state index in [0.717, 1.165) is 11.3 Å². The van der Waals surface area contributed by atoms with Crippen LogP contribution in [0.3, 0.4) is 0 Å². The Morgan fingerprint density at radius 2 is 1.96 bits per heavy atom. The molecule has 1 saturated heterocycles. The Bertz CT molecular complexity index is 617. The first-order chi connectivity index (χ1) is 12.4. The average molecular weight is 367 g/mol. The predicted molar refractivity (Wildman–Crippen MR) is 92.5 cm³/mol. The summed E-state index contributed by atoms with van der Waals surface area (Å²) in [5, 5.41) is 22.8. The van der Waals surface area contributed by atoms with Crippen molar-refractivity contribution < 1.29 is 29.2 Å². The lowest BCUT2D eigenvalue weighted by atomic mass is 10.0. The topological polar surface area (TPSA) is 126 Å². The van der Waals surface area contributed by atoms with Crippen LogP contribution in [-0.4, -0.2) is 60.7 Å². The Kier molecular flexibility index (Phi) is 7.22. The van der Waals surface area contributed by atoms with E-state index >= 15 is 0 Å². The second-order valence-corrected chi connectivity index (χ2v) is 6.40. The molecule has 2 N–H and O–H groups in total. The molecule has 1 aliphatic heterocycles. The number of hydrogen-bond donors (Lipinski definition) is 2. The summed E-state index contributed by atoms with van der Waals surface area (Å²) in [5.74, 6) is -0.196. The summed E-state index contributed by atoms with van der Waals surface area (Å²) < 4.78 is 22.6. The van der Waals surface area contributed by atoms with E-state index in [1.54, 1.807) is 33.1 Å². The molecule has 4 atom stereocenters. The van der Waals surface area contributed by atoms with Gasteiger partial charge in [0.2, 0.25) is 0 Å². The van der Waals surface area contributed by atoms with Gasteiger partial charge in [-0.1, -0.05) is 17.2 Å². The van der Waals surface area contributed by atoms with Gasteiger partial charge in [-0.2, -0.15) is 0 Å². The number of hydrogen-bond acceptors (Lipinski definition) is 7. The summed E-state index contributed by atoms with van der Waals surface area (Å²) in [5.41, 5.74) is 9.65. The van der Waals surface area contributed by atoms with Crippen molar-refractivity contribution in [2.75, 3.05) is 20.3 Å². The van der Waals surface area contributed by atoms with Crippen molar-refractivity contribution in [1.82, 2.24) is 0 Å². The predicted octanol–water partition coefficient (Wildman–Crippen LogP) is 1.76. The Morgan fingerprint density at radius 1 is 1.27 bits per heavy atom. The van der Waals surface area contributed by atoms with E-state index in [2.05, 4.69) is 10.0 Å². The molecular weight excluding hydrogens is 342 g/mol. The lowest BCUT2D eigenvalue weighted by molar-refractivity contribution is -0.164. The number of rotatable bonds is 9. The maximum absolute atomic E-state index is 9.62. The molecule has 1 fully saturated rings. The number of ether oxygens (including phenoxy) is 4. The molecule has 0 aromatic heterocycles. The smallest absolute Gasteiger partial charge is 0.164 e. The van der Waals surface area contributed by atoms with Crippen molar-refractivity contribution in [1.29, 1.82) is 0 Å². The zero-order valence-electron chi connectivity index (χ0n) is 15.1. The molecule has 1 aromatic carbocycles. The number of benzene rings is 1. The molecule has 144 valence electrons. The summed E-state index contributed by atoms with van der Waals surface area (Å²) in [4.78, 5) is 2.77. The van der Waals surface area contributed by atoms with Crippen LogP contribution in [0.1, 0.15) is 19.4 Å². The number of aliphatic hydroxyl groups is 2. The first-order valence-corrected chi connectivity index (χ1v) is 8.30. The standard InChI is InChI=1S/C17H25N3O6/c1-17(2)25-14(9-22)16(26-17)15(13(8-21)19-20-18)24-10-11-4-6-12(23-3)7-5-11/h4-7,13-16,21-22H,8-10H2,1-3H3/t13-,14-,15-,16-/m0/s1. The first-order valence-electron chi connectivity index (χ1n) is 8.30. The van der Waals surface area contributed by atoms with Crippen LogP contribution in [-0.2, 0) is 20.8 Å². The molecule has 26 heavy (non-hydrogen) atoms. The van der Waals surface area contributed by atoms with Gasteiger partial charge in [-0.15, -0.1) is 0 Å². The van der Waals surface area contributed by atoms with Gasteiger partial charge in [0.05, 0.1) is 39.1 Å². The van der Waals surface area contributed by atoms with Gasteiger partial charge in [0.15, 0.2) is 5.79 Å². The third kappa shape index (κ3) is 5.07. The third-order valence-corrected chi connectivity index (χ3v) is 4.09. The Morgan fingerprint density at radius 3 is 2.50 bits per heavy atom. The molecule has 9 nitrogen and oxygen atoms in total. The minimum atomic E-state index is -0.920. The maximum atomic E-state index is 9.62. The van der Waals surface area contributed by atoms with E-state index in [1.807, 2.05) is 12.1 Å². The molecular formula is C17H25N3O6. The molecule has 0 bridgehead atoms. The van der Waals surface area contributed by atoms with E-state index in [4.69, 9.17) is 24.5 Å². The third-order valence-electron chi connectivity index (χ3n) is 4.09. The minimum absolute atomic E-state index is 0.199. The molecule has 1 aromatic rings. The molecule has 0 amide bonds. The maximum Gasteiger partial charge on any atom is 0.164 e. The highest BCUT2D eigenvalue weighted by Crippen LogP contribution is 2.32. The lowest BCUT2D eigenvalue weighted by Gasteiger charge is -2.30. The van der Waals surface area contributed by atoms with Crippen LogP contribution in [0.25, 0.3) is 10.4 Å². The normalized spacial score (nSPS) is 23.9. The Labute approximate surface area is 152 Å². The Balaban J connectivity index is 2.18. The van der Waals surface area contributed by atoms with Gasteiger partial charge >= 0.3 is 0 Å². The molecule has 1 heterocycles. The first kappa shape index (κ1) is 20.4. The fraction of sp³-hybridized carbons (Fsp3) is 0.647. The van der Waals surface area contributed by atoms with Gasteiger partial charge in [0.1, 0.15) is 18.0 Å². The van der Waals surface area contributed by atoms with Crippen LogP contribution >= 0.6 is 0 Å². The molecule has 1 aliphatic rings. The van der Waals surface area contributed by atoms with Gasteiger partial charge in [0.25, 0.3) is 0 Å². The quantitative estimate of drug-likeness (QED) is 0.389. The highest BCUT2D eigenvalue weighted by atomic mass is 16.8. The van der Waals surface area contributed by atoms with Gasteiger partial charge in [-0.3, -0.25) is 0 Å². The van der Waals surface area contributed by atoms with Crippen LogP contribution < -0.4 is 4.74 Å². The number of nitrogens with zero attached hydrogens (tertiary/aromatic N) is 3. The van der Waals surface area contributed by atoms with Gasteiger partial charge in [-0.05, 0) is 37.1 Å².